The molecule has 1 aromatic rings. The van der Waals surface area contributed by atoms with Gasteiger partial charge in [-0.2, -0.15) is 0 Å². The maximum atomic E-state index is 5.64. The number of allylic oxidation sites excluding steroid dienone is 2. The van der Waals surface area contributed by atoms with E-state index in [9.17, 15) is 0 Å². The molecule has 0 amide bonds. The van der Waals surface area contributed by atoms with Crippen molar-refractivity contribution in [2.45, 2.75) is 34.1 Å². The number of nitrogens with zero attached hydrogens (tertiary/aromatic N) is 1. The number of hydrogen-bond acceptors (Lipinski definition) is 3. The van der Waals surface area contributed by atoms with Gasteiger partial charge in [-0.25, -0.2) is 0 Å². The van der Waals surface area contributed by atoms with Crippen molar-refractivity contribution in [3.8, 4) is 0 Å². The molecule has 1 N–H and O–H groups in total. The summed E-state index contributed by atoms with van der Waals surface area (Å²) < 4.78 is 0. The highest BCUT2D eigenvalue weighted by Crippen LogP contribution is 2.07. The quantitative estimate of drug-likeness (QED) is 0.370. The van der Waals surface area contributed by atoms with Crippen LogP contribution in [0.3, 0.4) is 0 Å². The Morgan fingerprint density at radius 2 is 1.87 bits per heavy atom. The van der Waals surface area contributed by atoms with E-state index in [0.717, 1.165) is 31.8 Å². The van der Waals surface area contributed by atoms with Crippen LogP contribution in [0.25, 0.3) is 6.08 Å². The molecule has 0 bridgehead atoms. The van der Waals surface area contributed by atoms with Gasteiger partial charge in [0.1, 0.15) is 0 Å². The van der Waals surface area contributed by atoms with Crippen molar-refractivity contribution in [3.05, 3.63) is 53.7 Å². The van der Waals surface area contributed by atoms with Gasteiger partial charge >= 0.3 is 0 Å². The smallest absolute Gasteiger partial charge is 0.0873 e. The van der Waals surface area contributed by atoms with Crippen LogP contribution < -0.4 is 5.48 Å². The van der Waals surface area contributed by atoms with Gasteiger partial charge in [-0.3, -0.25) is 10.3 Å². The lowest BCUT2D eigenvalue weighted by Gasteiger charge is -2.18. The van der Waals surface area contributed by atoms with E-state index in [2.05, 4.69) is 68.4 Å². The van der Waals surface area contributed by atoms with Crippen molar-refractivity contribution < 1.29 is 4.84 Å². The molecule has 0 aliphatic heterocycles. The number of likely N-dealkylation sites (N-methyl/N-ethyl adjacent to an activating group) is 1. The number of nitrogens with one attached hydrogen (secondary N) is 1. The Labute approximate surface area is 142 Å². The van der Waals surface area contributed by atoms with E-state index in [1.54, 1.807) is 0 Å². The van der Waals surface area contributed by atoms with Crippen molar-refractivity contribution in [2.75, 3.05) is 26.2 Å². The molecule has 1 aromatic carbocycles. The molecular formula is C20H32N2O. The lowest BCUT2D eigenvalue weighted by Crippen LogP contribution is -2.29. The molecular weight excluding hydrogens is 284 g/mol. The second-order valence-corrected chi connectivity index (χ2v) is 6.01. The monoisotopic (exact) mass is 316 g/mol. The Hall–Kier alpha value is -1.58. The maximum absolute atomic E-state index is 5.64. The standard InChI is InChI=1S/C20H32N2O/c1-5-22(6-2)16-17-23-21-20(14-12-18(3)4)15-13-19-10-8-7-9-11-19/h7-11,13-15,18,21H,5-6,12,16-17H2,1-4H3. The van der Waals surface area contributed by atoms with Gasteiger partial charge in [0.05, 0.1) is 12.3 Å². The molecule has 0 saturated heterocycles. The molecule has 1 rings (SSSR count). The van der Waals surface area contributed by atoms with Crippen LogP contribution in [0.5, 0.6) is 0 Å². The second-order valence-electron chi connectivity index (χ2n) is 6.01. The van der Waals surface area contributed by atoms with Crippen LogP contribution in [0.4, 0.5) is 0 Å². The third-order valence-electron chi connectivity index (χ3n) is 3.66. The van der Waals surface area contributed by atoms with Gasteiger partial charge in [-0.05, 0) is 37.1 Å². The molecule has 0 saturated carbocycles. The zero-order valence-corrected chi connectivity index (χ0v) is 15.1. The third-order valence-corrected chi connectivity index (χ3v) is 3.66. The van der Waals surface area contributed by atoms with Gasteiger partial charge in [-0.15, -0.1) is 0 Å². The van der Waals surface area contributed by atoms with E-state index in [4.69, 9.17) is 4.84 Å². The molecule has 128 valence electrons. The zero-order valence-electron chi connectivity index (χ0n) is 15.1. The summed E-state index contributed by atoms with van der Waals surface area (Å²) in [5.74, 6) is 0.632. The Morgan fingerprint density at radius 1 is 1.17 bits per heavy atom. The topological polar surface area (TPSA) is 24.5 Å². The number of hydroxylamine groups is 1. The fraction of sp³-hybridized carbons (Fsp3) is 0.500. The summed E-state index contributed by atoms with van der Waals surface area (Å²) in [4.78, 5) is 7.99. The highest BCUT2D eigenvalue weighted by Gasteiger charge is 1.99. The zero-order chi connectivity index (χ0) is 16.9. The average Bonchev–Trinajstić information content (AvgIpc) is 2.57. The van der Waals surface area contributed by atoms with Gasteiger partial charge in [0.25, 0.3) is 0 Å². The summed E-state index contributed by atoms with van der Waals surface area (Å²) in [6.07, 6.45) is 7.41. The lowest BCUT2D eigenvalue weighted by molar-refractivity contribution is 0.0484. The minimum atomic E-state index is 0.632. The number of rotatable bonds is 11. The van der Waals surface area contributed by atoms with Gasteiger partial charge in [0.2, 0.25) is 0 Å². The highest BCUT2D eigenvalue weighted by atomic mass is 16.6. The Kier molecular flexibility index (Phi) is 10.1. The fourth-order valence-corrected chi connectivity index (χ4v) is 2.11. The number of hydrogen-bond donors (Lipinski definition) is 1. The van der Waals surface area contributed by atoms with Crippen LogP contribution in [0.1, 0.15) is 39.7 Å². The van der Waals surface area contributed by atoms with E-state index < -0.39 is 0 Å². The van der Waals surface area contributed by atoms with Crippen LogP contribution >= 0.6 is 0 Å². The van der Waals surface area contributed by atoms with Gasteiger partial charge in [0.15, 0.2) is 0 Å². The highest BCUT2D eigenvalue weighted by molar-refractivity contribution is 5.52. The van der Waals surface area contributed by atoms with Crippen LogP contribution in [0.2, 0.25) is 0 Å². The van der Waals surface area contributed by atoms with Crippen molar-refractivity contribution in [3.63, 3.8) is 0 Å². The molecule has 0 unspecified atom stereocenters. The molecule has 0 aliphatic rings. The Morgan fingerprint density at radius 3 is 2.48 bits per heavy atom. The molecule has 23 heavy (non-hydrogen) atoms. The van der Waals surface area contributed by atoms with Gasteiger partial charge in [-0.1, -0.05) is 70.2 Å². The first-order chi connectivity index (χ1) is 11.2. The Balaban J connectivity index is 2.52. The summed E-state index contributed by atoms with van der Waals surface area (Å²) in [7, 11) is 0. The molecule has 0 radical (unpaired) electrons. The summed E-state index contributed by atoms with van der Waals surface area (Å²) in [6.45, 7) is 12.5. The Bertz CT molecular complexity index is 462. The first kappa shape index (κ1) is 19.5. The van der Waals surface area contributed by atoms with E-state index in [0.29, 0.717) is 12.5 Å². The summed E-state index contributed by atoms with van der Waals surface area (Å²) in [5, 5.41) is 0. The van der Waals surface area contributed by atoms with Gasteiger partial charge < -0.3 is 4.90 Å². The number of benzene rings is 1. The van der Waals surface area contributed by atoms with E-state index in [1.807, 2.05) is 18.2 Å². The molecule has 0 heterocycles. The predicted octanol–water partition coefficient (Wildman–Crippen LogP) is 4.49. The molecule has 3 nitrogen and oxygen atoms in total. The van der Waals surface area contributed by atoms with Crippen molar-refractivity contribution in [1.29, 1.82) is 0 Å². The summed E-state index contributed by atoms with van der Waals surface area (Å²) >= 11 is 0. The second kappa shape index (κ2) is 11.9. The largest absolute Gasteiger partial charge is 0.301 e. The van der Waals surface area contributed by atoms with Crippen molar-refractivity contribution in [2.24, 2.45) is 5.92 Å². The third kappa shape index (κ3) is 9.22. The van der Waals surface area contributed by atoms with Crippen molar-refractivity contribution in [1.82, 2.24) is 10.4 Å². The molecule has 0 aromatic heterocycles. The van der Waals surface area contributed by atoms with Crippen LogP contribution in [0, 0.1) is 5.92 Å². The van der Waals surface area contributed by atoms with Crippen molar-refractivity contribution >= 4 is 6.08 Å². The minimum absolute atomic E-state index is 0.632. The minimum Gasteiger partial charge on any atom is -0.301 e. The molecule has 0 fully saturated rings. The fourth-order valence-electron chi connectivity index (χ4n) is 2.11. The van der Waals surface area contributed by atoms with E-state index in [1.165, 1.54) is 5.56 Å². The molecule has 0 spiro atoms. The van der Waals surface area contributed by atoms with Crippen LogP contribution in [-0.4, -0.2) is 31.1 Å². The first-order valence-corrected chi connectivity index (χ1v) is 8.69. The normalized spacial score (nSPS) is 12.5. The molecule has 0 atom stereocenters. The van der Waals surface area contributed by atoms with Crippen LogP contribution in [-0.2, 0) is 4.84 Å². The predicted molar refractivity (Wildman–Crippen MR) is 99.9 cm³/mol. The lowest BCUT2D eigenvalue weighted by atomic mass is 10.1. The summed E-state index contributed by atoms with van der Waals surface area (Å²) in [6, 6.07) is 10.3. The van der Waals surface area contributed by atoms with Crippen LogP contribution in [0.15, 0.2) is 48.2 Å². The SMILES string of the molecule is CCN(CC)CCONC(C=Cc1ccccc1)=CCC(C)C. The maximum Gasteiger partial charge on any atom is 0.0873 e. The average molecular weight is 316 g/mol. The van der Waals surface area contributed by atoms with Gasteiger partial charge in [0, 0.05) is 6.54 Å². The molecule has 0 aliphatic carbocycles. The first-order valence-electron chi connectivity index (χ1n) is 8.69. The summed E-state index contributed by atoms with van der Waals surface area (Å²) in [5.41, 5.74) is 5.30. The molecule has 3 heteroatoms. The van der Waals surface area contributed by atoms with E-state index in [-0.39, 0.29) is 0 Å². The van der Waals surface area contributed by atoms with E-state index >= 15 is 0 Å².